The maximum Gasteiger partial charge on any atom is 0.328 e. The molecule has 1 heterocycles. The van der Waals surface area contributed by atoms with Crippen LogP contribution >= 0.6 is 11.3 Å². The van der Waals surface area contributed by atoms with E-state index in [0.717, 1.165) is 30.5 Å². The number of amides is 1. The Morgan fingerprint density at radius 3 is 2.85 bits per heavy atom. The van der Waals surface area contributed by atoms with E-state index in [4.69, 9.17) is 5.11 Å². The van der Waals surface area contributed by atoms with Crippen molar-refractivity contribution in [3.8, 4) is 0 Å². The Morgan fingerprint density at radius 2 is 2.25 bits per heavy atom. The fraction of sp³-hybridized carbons (Fsp3) is 0.467. The number of carboxylic acids is 1. The minimum Gasteiger partial charge on any atom is -0.478 e. The molecule has 108 valence electrons. The summed E-state index contributed by atoms with van der Waals surface area (Å²) in [5.41, 5.74) is 0.661. The Morgan fingerprint density at radius 1 is 1.50 bits per heavy atom. The summed E-state index contributed by atoms with van der Waals surface area (Å²) in [4.78, 5) is 25.6. The van der Waals surface area contributed by atoms with Crippen molar-refractivity contribution in [1.82, 2.24) is 4.90 Å². The zero-order valence-electron chi connectivity index (χ0n) is 11.5. The fourth-order valence-corrected chi connectivity index (χ4v) is 2.82. The van der Waals surface area contributed by atoms with E-state index in [2.05, 4.69) is 6.92 Å². The monoisotopic (exact) mass is 293 g/mol. The average molecular weight is 293 g/mol. The van der Waals surface area contributed by atoms with Crippen LogP contribution in [-0.4, -0.2) is 35.0 Å². The molecular formula is C15H19NO3S. The van der Waals surface area contributed by atoms with E-state index in [-0.39, 0.29) is 5.91 Å². The second kappa shape index (κ2) is 6.70. The molecule has 0 saturated heterocycles. The summed E-state index contributed by atoms with van der Waals surface area (Å²) in [6.07, 6.45) is 6.02. The lowest BCUT2D eigenvalue weighted by molar-refractivity contribution is -0.131. The molecule has 1 aliphatic carbocycles. The number of carboxylic acid groups (broad SMARTS) is 1. The van der Waals surface area contributed by atoms with Gasteiger partial charge < -0.3 is 10.0 Å². The molecule has 1 saturated carbocycles. The minimum atomic E-state index is -0.979. The van der Waals surface area contributed by atoms with Crippen molar-refractivity contribution in [2.24, 2.45) is 5.92 Å². The Kier molecular flexibility index (Phi) is 4.95. The van der Waals surface area contributed by atoms with Gasteiger partial charge in [-0.2, -0.15) is 0 Å². The second-order valence-electron chi connectivity index (χ2n) is 5.10. The highest BCUT2D eigenvalue weighted by Crippen LogP contribution is 2.30. The standard InChI is InChI=1S/C15H19NO3S/c1-2-7-16(9-11-3-4-11)15(19)12-8-13(20-10-12)5-6-14(17)18/h5-6,8,10-11H,2-4,7,9H2,1H3,(H,17,18). The van der Waals surface area contributed by atoms with Crippen LogP contribution in [0.5, 0.6) is 0 Å². The predicted octanol–water partition coefficient (Wildman–Crippen LogP) is 3.11. The lowest BCUT2D eigenvalue weighted by atomic mass is 10.2. The van der Waals surface area contributed by atoms with Gasteiger partial charge in [0.25, 0.3) is 5.91 Å². The van der Waals surface area contributed by atoms with Gasteiger partial charge in [0.15, 0.2) is 0 Å². The molecule has 5 heteroatoms. The first-order valence-corrected chi connectivity index (χ1v) is 7.77. The summed E-state index contributed by atoms with van der Waals surface area (Å²) < 4.78 is 0. The summed E-state index contributed by atoms with van der Waals surface area (Å²) in [6.45, 7) is 3.70. The van der Waals surface area contributed by atoms with E-state index in [1.54, 1.807) is 11.4 Å². The third-order valence-corrected chi connectivity index (χ3v) is 4.11. The highest BCUT2D eigenvalue weighted by Gasteiger charge is 2.27. The first-order valence-electron chi connectivity index (χ1n) is 6.89. The summed E-state index contributed by atoms with van der Waals surface area (Å²) in [5.74, 6) is -0.242. The van der Waals surface area contributed by atoms with Crippen LogP contribution in [0.15, 0.2) is 17.5 Å². The second-order valence-corrected chi connectivity index (χ2v) is 6.05. The minimum absolute atomic E-state index is 0.0602. The average Bonchev–Trinajstić information content (AvgIpc) is 3.10. The zero-order valence-corrected chi connectivity index (χ0v) is 12.4. The van der Waals surface area contributed by atoms with E-state index in [0.29, 0.717) is 11.5 Å². The van der Waals surface area contributed by atoms with Crippen LogP contribution < -0.4 is 0 Å². The Hall–Kier alpha value is -1.62. The number of carbonyl (C=O) groups is 2. The van der Waals surface area contributed by atoms with Crippen LogP contribution in [-0.2, 0) is 4.79 Å². The first-order chi connectivity index (χ1) is 9.60. The van der Waals surface area contributed by atoms with E-state index < -0.39 is 5.97 Å². The normalized spacial score (nSPS) is 14.7. The molecule has 0 bridgehead atoms. The molecule has 1 N–H and O–H groups in total. The van der Waals surface area contributed by atoms with Crippen LogP contribution in [0.1, 0.15) is 41.4 Å². The smallest absolute Gasteiger partial charge is 0.328 e. The van der Waals surface area contributed by atoms with Gasteiger partial charge in [0.1, 0.15) is 0 Å². The Bertz CT molecular complexity index is 517. The highest BCUT2D eigenvalue weighted by molar-refractivity contribution is 7.11. The summed E-state index contributed by atoms with van der Waals surface area (Å²) >= 11 is 1.39. The molecule has 2 rings (SSSR count). The fourth-order valence-electron chi connectivity index (χ4n) is 2.05. The topological polar surface area (TPSA) is 57.6 Å². The van der Waals surface area contributed by atoms with Crippen molar-refractivity contribution in [1.29, 1.82) is 0 Å². The van der Waals surface area contributed by atoms with Gasteiger partial charge in [0, 0.05) is 29.4 Å². The molecule has 0 atom stereocenters. The van der Waals surface area contributed by atoms with Crippen LogP contribution in [0.2, 0.25) is 0 Å². The maximum absolute atomic E-state index is 12.4. The number of rotatable bonds is 7. The third-order valence-electron chi connectivity index (χ3n) is 3.21. The van der Waals surface area contributed by atoms with Gasteiger partial charge in [-0.3, -0.25) is 4.79 Å². The van der Waals surface area contributed by atoms with Crippen LogP contribution in [0.25, 0.3) is 6.08 Å². The molecule has 1 aliphatic rings. The van der Waals surface area contributed by atoms with Crippen molar-refractivity contribution in [2.75, 3.05) is 13.1 Å². The van der Waals surface area contributed by atoms with Gasteiger partial charge in [-0.25, -0.2) is 4.79 Å². The maximum atomic E-state index is 12.4. The number of carbonyl (C=O) groups excluding carboxylic acids is 1. The number of thiophene rings is 1. The first kappa shape index (κ1) is 14.8. The molecule has 1 aromatic heterocycles. The molecule has 4 nitrogen and oxygen atoms in total. The van der Waals surface area contributed by atoms with Gasteiger partial charge in [0.2, 0.25) is 0 Å². The molecule has 20 heavy (non-hydrogen) atoms. The molecule has 1 amide bonds. The van der Waals surface area contributed by atoms with Crippen molar-refractivity contribution < 1.29 is 14.7 Å². The molecule has 0 radical (unpaired) electrons. The number of nitrogens with zero attached hydrogens (tertiary/aromatic N) is 1. The largest absolute Gasteiger partial charge is 0.478 e. The van der Waals surface area contributed by atoms with Crippen LogP contribution in [0.4, 0.5) is 0 Å². The lowest BCUT2D eigenvalue weighted by Crippen LogP contribution is -2.33. The Labute approximate surface area is 122 Å². The van der Waals surface area contributed by atoms with E-state index in [1.807, 2.05) is 4.90 Å². The number of aliphatic carboxylic acids is 1. The summed E-state index contributed by atoms with van der Waals surface area (Å²) in [7, 11) is 0. The van der Waals surface area contributed by atoms with Crippen LogP contribution in [0, 0.1) is 5.92 Å². The third kappa shape index (κ3) is 4.20. The van der Waals surface area contributed by atoms with Crippen molar-refractivity contribution >= 4 is 29.3 Å². The molecule has 1 fully saturated rings. The Balaban J connectivity index is 2.04. The molecular weight excluding hydrogens is 274 g/mol. The van der Waals surface area contributed by atoms with Gasteiger partial charge in [-0.05, 0) is 37.3 Å². The lowest BCUT2D eigenvalue weighted by Gasteiger charge is -2.21. The summed E-state index contributed by atoms with van der Waals surface area (Å²) in [6, 6.07) is 1.77. The SMILES string of the molecule is CCCN(CC1CC1)C(=O)c1csc(C=CC(=O)O)c1. The molecule has 0 aliphatic heterocycles. The molecule has 1 aromatic rings. The number of hydrogen-bond donors (Lipinski definition) is 1. The predicted molar refractivity (Wildman–Crippen MR) is 79.9 cm³/mol. The number of hydrogen-bond acceptors (Lipinski definition) is 3. The molecule has 0 unspecified atom stereocenters. The summed E-state index contributed by atoms with van der Waals surface area (Å²) in [5, 5.41) is 10.4. The zero-order chi connectivity index (χ0) is 14.5. The van der Waals surface area contributed by atoms with Gasteiger partial charge >= 0.3 is 5.97 Å². The quantitative estimate of drug-likeness (QED) is 0.786. The van der Waals surface area contributed by atoms with Crippen molar-refractivity contribution in [3.63, 3.8) is 0 Å². The van der Waals surface area contributed by atoms with Crippen molar-refractivity contribution in [2.45, 2.75) is 26.2 Å². The van der Waals surface area contributed by atoms with Crippen molar-refractivity contribution in [3.05, 3.63) is 28.0 Å². The van der Waals surface area contributed by atoms with E-state index >= 15 is 0 Å². The van der Waals surface area contributed by atoms with Gasteiger partial charge in [-0.15, -0.1) is 11.3 Å². The molecule has 0 spiro atoms. The highest BCUT2D eigenvalue weighted by atomic mass is 32.1. The molecule has 0 aromatic carbocycles. The van der Waals surface area contributed by atoms with Gasteiger partial charge in [-0.1, -0.05) is 6.92 Å². The van der Waals surface area contributed by atoms with Gasteiger partial charge in [0.05, 0.1) is 5.56 Å². The van der Waals surface area contributed by atoms with Crippen LogP contribution in [0.3, 0.4) is 0 Å². The van der Waals surface area contributed by atoms with E-state index in [1.165, 1.54) is 30.3 Å². The van der Waals surface area contributed by atoms with E-state index in [9.17, 15) is 9.59 Å².